The predicted octanol–water partition coefficient (Wildman–Crippen LogP) is 2.02. The molecular weight excluding hydrogens is 309 g/mol. The fourth-order valence-corrected chi connectivity index (χ4v) is 3.46. The van der Waals surface area contributed by atoms with Crippen LogP contribution in [0.1, 0.15) is 18.9 Å². The number of sulfonamides is 1. The molecule has 0 bridgehead atoms. The fraction of sp³-hybridized carbons (Fsp3) is 0.417. The van der Waals surface area contributed by atoms with Gasteiger partial charge >= 0.3 is 6.18 Å². The number of aryl methyl sites for hydroxylation is 1. The topological polar surface area (TPSA) is 70.0 Å². The van der Waals surface area contributed by atoms with Crippen molar-refractivity contribution in [3.8, 4) is 0 Å². The lowest BCUT2D eigenvalue weighted by Gasteiger charge is -2.33. The zero-order valence-corrected chi connectivity index (χ0v) is 12.0. The van der Waals surface area contributed by atoms with Crippen molar-refractivity contribution in [2.45, 2.75) is 37.1 Å². The molecule has 21 heavy (non-hydrogen) atoms. The van der Waals surface area contributed by atoms with Crippen LogP contribution in [0.15, 0.2) is 34.3 Å². The minimum Gasteiger partial charge on any atom is -0.361 e. The third-order valence-corrected chi connectivity index (χ3v) is 4.79. The van der Waals surface area contributed by atoms with Gasteiger partial charge in [-0.1, -0.05) is 17.7 Å². The van der Waals surface area contributed by atoms with E-state index in [-0.39, 0.29) is 15.0 Å². The van der Waals surface area contributed by atoms with E-state index >= 15 is 0 Å². The number of nitrogens with zero attached hydrogens (tertiary/aromatic N) is 2. The monoisotopic (exact) mass is 322 g/mol. The molecule has 0 radical (unpaired) electrons. The molecule has 0 amide bonds. The summed E-state index contributed by atoms with van der Waals surface area (Å²) in [5, 5.41) is 13.2. The summed E-state index contributed by atoms with van der Waals surface area (Å²) in [6.45, 7) is 2.93. The summed E-state index contributed by atoms with van der Waals surface area (Å²) in [5.41, 5.74) is -2.92. The first-order valence-electron chi connectivity index (χ1n) is 5.94. The highest BCUT2D eigenvalue weighted by molar-refractivity contribution is 7.89. The Morgan fingerprint density at radius 2 is 1.76 bits per heavy atom. The minimum absolute atomic E-state index is 0.120. The SMILES string of the molecule is CC1=NN(S(=O)(=O)c2ccc(C)cc2)[C@@](O)(C(F)(F)F)C1. The van der Waals surface area contributed by atoms with Gasteiger partial charge in [-0.15, -0.1) is 4.41 Å². The normalized spacial score (nSPS) is 23.3. The number of benzene rings is 1. The van der Waals surface area contributed by atoms with Gasteiger partial charge in [0.2, 0.25) is 0 Å². The van der Waals surface area contributed by atoms with E-state index in [4.69, 9.17) is 0 Å². The van der Waals surface area contributed by atoms with Crippen molar-refractivity contribution in [1.29, 1.82) is 0 Å². The second-order valence-corrected chi connectivity index (χ2v) is 6.65. The van der Waals surface area contributed by atoms with Crippen LogP contribution in [0.25, 0.3) is 0 Å². The Morgan fingerprint density at radius 1 is 1.24 bits per heavy atom. The van der Waals surface area contributed by atoms with E-state index in [2.05, 4.69) is 5.10 Å². The molecule has 2 rings (SSSR count). The van der Waals surface area contributed by atoms with Crippen molar-refractivity contribution in [2.24, 2.45) is 5.10 Å². The molecule has 0 unspecified atom stereocenters. The first-order chi connectivity index (χ1) is 9.48. The zero-order valence-electron chi connectivity index (χ0n) is 11.2. The van der Waals surface area contributed by atoms with E-state index in [0.29, 0.717) is 0 Å². The van der Waals surface area contributed by atoms with Crippen LogP contribution >= 0.6 is 0 Å². The predicted molar refractivity (Wildman–Crippen MR) is 68.9 cm³/mol. The van der Waals surface area contributed by atoms with Crippen LogP contribution in [0.3, 0.4) is 0 Å². The van der Waals surface area contributed by atoms with Crippen LogP contribution < -0.4 is 0 Å². The van der Waals surface area contributed by atoms with Gasteiger partial charge in [-0.2, -0.15) is 26.7 Å². The van der Waals surface area contributed by atoms with Gasteiger partial charge in [0.05, 0.1) is 4.90 Å². The van der Waals surface area contributed by atoms with Gasteiger partial charge in [0, 0.05) is 12.1 Å². The Labute approximate surface area is 119 Å². The summed E-state index contributed by atoms with van der Waals surface area (Å²) in [7, 11) is -4.60. The number of hydrogen-bond donors (Lipinski definition) is 1. The maximum Gasteiger partial charge on any atom is 0.439 e. The first kappa shape index (κ1) is 15.8. The average molecular weight is 322 g/mol. The van der Waals surface area contributed by atoms with Crippen molar-refractivity contribution >= 4 is 15.7 Å². The van der Waals surface area contributed by atoms with Crippen LogP contribution in [0, 0.1) is 6.92 Å². The van der Waals surface area contributed by atoms with Gasteiger partial charge in [0.1, 0.15) is 0 Å². The number of halogens is 3. The molecule has 1 aromatic carbocycles. The summed E-state index contributed by atoms with van der Waals surface area (Å²) in [6, 6.07) is 5.24. The van der Waals surface area contributed by atoms with Gasteiger partial charge in [-0.3, -0.25) is 0 Å². The van der Waals surface area contributed by atoms with E-state index in [0.717, 1.165) is 5.56 Å². The third-order valence-electron chi connectivity index (χ3n) is 3.08. The number of rotatable bonds is 2. The molecule has 1 N–H and O–H groups in total. The molecule has 0 spiro atoms. The van der Waals surface area contributed by atoms with E-state index < -0.39 is 28.3 Å². The van der Waals surface area contributed by atoms with Crippen LogP contribution in [0.2, 0.25) is 0 Å². The number of aliphatic hydroxyl groups is 1. The summed E-state index contributed by atoms with van der Waals surface area (Å²) in [5.74, 6) is 0. The van der Waals surface area contributed by atoms with Crippen molar-refractivity contribution in [3.63, 3.8) is 0 Å². The molecule has 1 atom stereocenters. The van der Waals surface area contributed by atoms with Crippen LogP contribution in [-0.2, 0) is 10.0 Å². The van der Waals surface area contributed by atoms with Crippen molar-refractivity contribution in [1.82, 2.24) is 4.41 Å². The molecule has 0 aliphatic carbocycles. The Hall–Kier alpha value is -1.61. The molecule has 0 saturated heterocycles. The Balaban J connectivity index is 2.54. The second kappa shape index (κ2) is 4.70. The third kappa shape index (κ3) is 2.51. The second-order valence-electron chi connectivity index (χ2n) is 4.89. The van der Waals surface area contributed by atoms with Crippen molar-refractivity contribution in [3.05, 3.63) is 29.8 Å². The molecule has 1 aliphatic rings. The number of hydrazone groups is 1. The summed E-state index contributed by atoms with van der Waals surface area (Å²) < 4.78 is 63.5. The van der Waals surface area contributed by atoms with Gasteiger partial charge in [-0.25, -0.2) is 0 Å². The zero-order chi connectivity index (χ0) is 16.1. The average Bonchev–Trinajstić information content (AvgIpc) is 2.66. The highest BCUT2D eigenvalue weighted by Crippen LogP contribution is 2.42. The summed E-state index contributed by atoms with van der Waals surface area (Å²) in [4.78, 5) is -0.366. The fourth-order valence-electron chi connectivity index (χ4n) is 1.97. The van der Waals surface area contributed by atoms with Crippen LogP contribution in [-0.4, -0.2) is 35.6 Å². The van der Waals surface area contributed by atoms with Gasteiger partial charge in [0.25, 0.3) is 15.7 Å². The molecule has 5 nitrogen and oxygen atoms in total. The molecular formula is C12H13F3N2O3S. The minimum atomic E-state index is -5.16. The maximum absolute atomic E-state index is 13.0. The van der Waals surface area contributed by atoms with Crippen LogP contribution in [0.5, 0.6) is 0 Å². The molecule has 1 aromatic rings. The largest absolute Gasteiger partial charge is 0.439 e. The maximum atomic E-state index is 13.0. The lowest BCUT2D eigenvalue weighted by atomic mass is 10.1. The smallest absolute Gasteiger partial charge is 0.361 e. The summed E-state index contributed by atoms with van der Waals surface area (Å²) >= 11 is 0. The van der Waals surface area contributed by atoms with Gasteiger partial charge in [0.15, 0.2) is 0 Å². The molecule has 0 aromatic heterocycles. The van der Waals surface area contributed by atoms with E-state index in [1.54, 1.807) is 6.92 Å². The highest BCUT2D eigenvalue weighted by Gasteiger charge is 2.64. The van der Waals surface area contributed by atoms with Crippen molar-refractivity contribution < 1.29 is 26.7 Å². The van der Waals surface area contributed by atoms with Crippen LogP contribution in [0.4, 0.5) is 13.2 Å². The Morgan fingerprint density at radius 3 is 2.24 bits per heavy atom. The lowest BCUT2D eigenvalue weighted by molar-refractivity contribution is -0.291. The Kier molecular flexibility index (Phi) is 3.53. The molecule has 1 aliphatic heterocycles. The van der Waals surface area contributed by atoms with Crippen molar-refractivity contribution in [2.75, 3.05) is 0 Å². The number of hydrogen-bond acceptors (Lipinski definition) is 4. The first-order valence-corrected chi connectivity index (χ1v) is 7.38. The molecule has 1 heterocycles. The van der Waals surface area contributed by atoms with E-state index in [9.17, 15) is 26.7 Å². The molecule has 0 saturated carbocycles. The quantitative estimate of drug-likeness (QED) is 0.905. The number of alkyl halides is 3. The van der Waals surface area contributed by atoms with E-state index in [1.165, 1.54) is 31.2 Å². The van der Waals surface area contributed by atoms with Gasteiger partial charge < -0.3 is 5.11 Å². The highest BCUT2D eigenvalue weighted by atomic mass is 32.2. The Bertz CT molecular complexity index is 683. The molecule has 0 fully saturated rings. The standard InChI is InChI=1S/C12H13F3N2O3S/c1-8-3-5-10(6-4-8)21(19,20)17-11(18,12(13,14)15)7-9(2)16-17/h3-6,18H,7H2,1-2H3/t11-/m0/s1. The van der Waals surface area contributed by atoms with Gasteiger partial charge in [-0.05, 0) is 26.0 Å². The lowest BCUT2D eigenvalue weighted by Crippen LogP contribution is -2.56. The molecule has 9 heteroatoms. The van der Waals surface area contributed by atoms with E-state index in [1.807, 2.05) is 0 Å². The summed E-state index contributed by atoms with van der Waals surface area (Å²) in [6.07, 6.45) is -6.08. The molecule has 116 valence electrons.